The molecular weight excluding hydrogens is 407 g/mol. The quantitative estimate of drug-likeness (QED) is 0.674. The molecule has 0 unspecified atom stereocenters. The predicted molar refractivity (Wildman–Crippen MR) is 123 cm³/mol. The molecule has 0 radical (unpaired) electrons. The first-order valence-electron chi connectivity index (χ1n) is 11.4. The van der Waals surface area contributed by atoms with Crippen LogP contribution in [-0.2, 0) is 0 Å². The Labute approximate surface area is 187 Å². The number of rotatable bonds is 4. The van der Waals surface area contributed by atoms with Crippen LogP contribution in [0.3, 0.4) is 0 Å². The van der Waals surface area contributed by atoms with Crippen LogP contribution in [0.25, 0.3) is 5.65 Å². The standard InChI is InChI=1S/C24H29FN6O/c1-16-14-31-15-22(27-17(2)23(31)26-16)28-24(32)20-6-5-19(13-21(20)25)30-11-7-18(8-12-30)29-9-3-4-10-29/h5-6,13-15,18H,3-4,7-12H2,1-2H3,(H,28,32). The molecule has 2 aliphatic rings. The Bertz CT molecular complexity index is 1140. The Balaban J connectivity index is 1.26. The van der Waals surface area contributed by atoms with E-state index >= 15 is 0 Å². The highest BCUT2D eigenvalue weighted by atomic mass is 19.1. The van der Waals surface area contributed by atoms with E-state index < -0.39 is 11.7 Å². The minimum atomic E-state index is -0.516. The van der Waals surface area contributed by atoms with Crippen LogP contribution in [0, 0.1) is 19.7 Å². The average molecular weight is 437 g/mol. The molecule has 2 fully saturated rings. The van der Waals surface area contributed by atoms with Gasteiger partial charge in [0.25, 0.3) is 5.91 Å². The lowest BCUT2D eigenvalue weighted by atomic mass is 10.0. The number of benzene rings is 1. The number of piperidine rings is 1. The smallest absolute Gasteiger partial charge is 0.259 e. The summed E-state index contributed by atoms with van der Waals surface area (Å²) in [6, 6.07) is 5.54. The van der Waals surface area contributed by atoms with Gasteiger partial charge in [-0.3, -0.25) is 4.79 Å². The highest BCUT2D eigenvalue weighted by molar-refractivity contribution is 6.04. The SMILES string of the molecule is Cc1cn2cc(NC(=O)c3ccc(N4CCC(N5CCCC5)CC4)cc3F)nc(C)c2n1. The molecule has 5 rings (SSSR count). The molecular formula is C24H29FN6O. The summed E-state index contributed by atoms with van der Waals surface area (Å²) in [5.74, 6) is -0.660. The van der Waals surface area contributed by atoms with Gasteiger partial charge in [0.05, 0.1) is 23.1 Å². The van der Waals surface area contributed by atoms with Gasteiger partial charge in [-0.1, -0.05) is 0 Å². The number of nitrogens with one attached hydrogen (secondary N) is 1. The first-order valence-corrected chi connectivity index (χ1v) is 11.4. The molecule has 8 heteroatoms. The molecule has 1 aromatic carbocycles. The van der Waals surface area contributed by atoms with Crippen molar-refractivity contribution < 1.29 is 9.18 Å². The van der Waals surface area contributed by atoms with Gasteiger partial charge in [0.1, 0.15) is 11.6 Å². The maximum absolute atomic E-state index is 14.9. The fraction of sp³-hybridized carbons (Fsp3) is 0.458. The Morgan fingerprint density at radius 3 is 2.53 bits per heavy atom. The molecule has 0 bridgehead atoms. The van der Waals surface area contributed by atoms with E-state index in [-0.39, 0.29) is 5.56 Å². The topological polar surface area (TPSA) is 65.8 Å². The number of aromatic nitrogens is 3. The van der Waals surface area contributed by atoms with E-state index in [9.17, 15) is 9.18 Å². The highest BCUT2D eigenvalue weighted by Crippen LogP contribution is 2.26. The number of imidazole rings is 1. The fourth-order valence-electron chi connectivity index (χ4n) is 5.00. The molecule has 3 aromatic rings. The van der Waals surface area contributed by atoms with Gasteiger partial charge in [0.2, 0.25) is 0 Å². The van der Waals surface area contributed by atoms with Crippen molar-refractivity contribution >= 4 is 23.1 Å². The molecule has 168 valence electrons. The number of anilines is 2. The van der Waals surface area contributed by atoms with Gasteiger partial charge in [-0.15, -0.1) is 0 Å². The summed E-state index contributed by atoms with van der Waals surface area (Å²) in [7, 11) is 0. The Hall–Kier alpha value is -3.00. The number of aryl methyl sites for hydroxylation is 2. The monoisotopic (exact) mass is 436 g/mol. The highest BCUT2D eigenvalue weighted by Gasteiger charge is 2.27. The van der Waals surface area contributed by atoms with Gasteiger partial charge in [0, 0.05) is 31.0 Å². The van der Waals surface area contributed by atoms with Crippen molar-refractivity contribution in [1.29, 1.82) is 0 Å². The van der Waals surface area contributed by atoms with Crippen molar-refractivity contribution in [3.63, 3.8) is 0 Å². The van der Waals surface area contributed by atoms with Crippen LogP contribution < -0.4 is 10.2 Å². The second kappa shape index (κ2) is 8.50. The van der Waals surface area contributed by atoms with E-state index in [4.69, 9.17) is 0 Å². The van der Waals surface area contributed by atoms with Crippen molar-refractivity contribution in [2.24, 2.45) is 0 Å². The van der Waals surface area contributed by atoms with Crippen LogP contribution in [0.1, 0.15) is 47.4 Å². The molecule has 1 N–H and O–H groups in total. The van der Waals surface area contributed by atoms with Gasteiger partial charge < -0.3 is 19.5 Å². The summed E-state index contributed by atoms with van der Waals surface area (Å²) >= 11 is 0. The molecule has 2 aliphatic heterocycles. The molecule has 2 saturated heterocycles. The molecule has 7 nitrogen and oxygen atoms in total. The number of carbonyl (C=O) groups excluding carboxylic acids is 1. The summed E-state index contributed by atoms with van der Waals surface area (Å²) in [4.78, 5) is 26.3. The minimum absolute atomic E-state index is 0.0158. The second-order valence-corrected chi connectivity index (χ2v) is 8.90. The zero-order chi connectivity index (χ0) is 22.2. The third kappa shape index (κ3) is 4.07. The van der Waals surface area contributed by atoms with Gasteiger partial charge >= 0.3 is 0 Å². The summed E-state index contributed by atoms with van der Waals surface area (Å²) in [5, 5.41) is 2.72. The maximum Gasteiger partial charge on any atom is 0.259 e. The number of hydrogen-bond donors (Lipinski definition) is 1. The molecule has 4 heterocycles. The van der Waals surface area contributed by atoms with E-state index in [1.165, 1.54) is 32.0 Å². The van der Waals surface area contributed by atoms with E-state index in [0.717, 1.165) is 43.0 Å². The molecule has 0 atom stereocenters. The molecule has 0 aliphatic carbocycles. The summed E-state index contributed by atoms with van der Waals surface area (Å²) < 4.78 is 16.7. The summed E-state index contributed by atoms with van der Waals surface area (Å²) in [6.07, 6.45) is 8.37. The van der Waals surface area contributed by atoms with Crippen LogP contribution in [0.4, 0.5) is 15.9 Å². The van der Waals surface area contributed by atoms with E-state index in [1.807, 2.05) is 30.5 Å². The lowest BCUT2D eigenvalue weighted by Crippen LogP contribution is -2.43. The largest absolute Gasteiger partial charge is 0.371 e. The van der Waals surface area contributed by atoms with E-state index in [1.54, 1.807) is 12.3 Å². The average Bonchev–Trinajstić information content (AvgIpc) is 3.43. The lowest BCUT2D eigenvalue weighted by molar-refractivity contribution is 0.102. The molecule has 0 spiro atoms. The number of amides is 1. The molecule has 1 amide bonds. The van der Waals surface area contributed by atoms with Crippen molar-refractivity contribution in [2.45, 2.75) is 45.6 Å². The fourth-order valence-corrected chi connectivity index (χ4v) is 5.00. The number of carbonyl (C=O) groups is 1. The van der Waals surface area contributed by atoms with Crippen LogP contribution >= 0.6 is 0 Å². The normalized spacial score (nSPS) is 17.9. The number of halogens is 1. The van der Waals surface area contributed by atoms with Crippen LogP contribution in [-0.4, -0.2) is 57.4 Å². The van der Waals surface area contributed by atoms with Crippen molar-refractivity contribution in [3.8, 4) is 0 Å². The second-order valence-electron chi connectivity index (χ2n) is 8.90. The third-order valence-corrected chi connectivity index (χ3v) is 6.65. The molecule has 32 heavy (non-hydrogen) atoms. The first kappa shape index (κ1) is 20.9. The van der Waals surface area contributed by atoms with Crippen LogP contribution in [0.5, 0.6) is 0 Å². The Kier molecular flexibility index (Phi) is 5.55. The van der Waals surface area contributed by atoms with Gasteiger partial charge in [-0.05, 0) is 70.8 Å². The van der Waals surface area contributed by atoms with E-state index in [2.05, 4.69) is 25.1 Å². The van der Waals surface area contributed by atoms with E-state index in [0.29, 0.717) is 17.6 Å². The van der Waals surface area contributed by atoms with Crippen LogP contribution in [0.2, 0.25) is 0 Å². The van der Waals surface area contributed by atoms with Crippen molar-refractivity contribution in [2.75, 3.05) is 36.4 Å². The van der Waals surface area contributed by atoms with Gasteiger partial charge in [-0.25, -0.2) is 14.4 Å². The van der Waals surface area contributed by atoms with Crippen molar-refractivity contribution in [1.82, 2.24) is 19.3 Å². The number of fused-ring (bicyclic) bond motifs is 1. The maximum atomic E-state index is 14.9. The number of hydrogen-bond acceptors (Lipinski definition) is 5. The Morgan fingerprint density at radius 1 is 1.06 bits per heavy atom. The zero-order valence-corrected chi connectivity index (χ0v) is 18.6. The number of likely N-dealkylation sites (tertiary alicyclic amines) is 1. The van der Waals surface area contributed by atoms with Gasteiger partial charge in [-0.2, -0.15) is 0 Å². The van der Waals surface area contributed by atoms with Gasteiger partial charge in [0.15, 0.2) is 5.65 Å². The number of nitrogens with zero attached hydrogens (tertiary/aromatic N) is 5. The molecule has 0 saturated carbocycles. The van der Waals surface area contributed by atoms with Crippen LogP contribution in [0.15, 0.2) is 30.6 Å². The predicted octanol–water partition coefficient (Wildman–Crippen LogP) is 3.80. The zero-order valence-electron chi connectivity index (χ0n) is 18.6. The van der Waals surface area contributed by atoms with Crippen molar-refractivity contribution in [3.05, 3.63) is 53.4 Å². The first-order chi connectivity index (χ1) is 15.5. The summed E-state index contributed by atoms with van der Waals surface area (Å²) in [6.45, 7) is 7.99. The lowest BCUT2D eigenvalue weighted by Gasteiger charge is -2.37. The Morgan fingerprint density at radius 2 is 1.81 bits per heavy atom. The summed E-state index contributed by atoms with van der Waals surface area (Å²) in [5.41, 5.74) is 3.16. The minimum Gasteiger partial charge on any atom is -0.371 e. The third-order valence-electron chi connectivity index (χ3n) is 6.65. The molecule has 2 aromatic heterocycles.